The van der Waals surface area contributed by atoms with Crippen LogP contribution in [0.3, 0.4) is 0 Å². The van der Waals surface area contributed by atoms with Crippen molar-refractivity contribution in [1.29, 1.82) is 5.26 Å². The second-order valence-electron chi connectivity index (χ2n) is 6.55. The van der Waals surface area contributed by atoms with E-state index in [1.54, 1.807) is 17.0 Å². The predicted octanol–water partition coefficient (Wildman–Crippen LogP) is 2.47. The third-order valence-corrected chi connectivity index (χ3v) is 4.70. The smallest absolute Gasteiger partial charge is 0.223 e. The first-order valence-corrected chi connectivity index (χ1v) is 8.81. The van der Waals surface area contributed by atoms with Crippen LogP contribution in [-0.2, 0) is 30.7 Å². The molecule has 0 saturated heterocycles. The van der Waals surface area contributed by atoms with Gasteiger partial charge in [0.1, 0.15) is 5.82 Å². The summed E-state index contributed by atoms with van der Waals surface area (Å²) in [7, 11) is 1.82. The van der Waals surface area contributed by atoms with E-state index in [0.717, 1.165) is 43.0 Å². The third-order valence-electron chi connectivity index (χ3n) is 4.70. The lowest BCUT2D eigenvalue weighted by atomic mass is 10.1. The quantitative estimate of drug-likeness (QED) is 0.840. The van der Waals surface area contributed by atoms with Gasteiger partial charge in [0, 0.05) is 26.4 Å². The van der Waals surface area contributed by atoms with Gasteiger partial charge in [-0.05, 0) is 37.0 Å². The van der Waals surface area contributed by atoms with Gasteiger partial charge in [-0.15, -0.1) is 10.2 Å². The number of amides is 1. The number of carbonyl (C=O) groups excluding carboxylic acids is 1. The summed E-state index contributed by atoms with van der Waals surface area (Å²) in [5.41, 5.74) is 1.71. The van der Waals surface area contributed by atoms with Crippen LogP contribution in [0.1, 0.15) is 48.5 Å². The lowest BCUT2D eigenvalue weighted by molar-refractivity contribution is -0.130. The number of nitriles is 1. The van der Waals surface area contributed by atoms with Gasteiger partial charge < -0.3 is 9.47 Å². The zero-order valence-electron chi connectivity index (χ0n) is 14.6. The minimum absolute atomic E-state index is 0.0929. The summed E-state index contributed by atoms with van der Waals surface area (Å²) in [4.78, 5) is 14.1. The van der Waals surface area contributed by atoms with Gasteiger partial charge >= 0.3 is 0 Å². The van der Waals surface area contributed by atoms with Gasteiger partial charge in [0.2, 0.25) is 5.91 Å². The minimum Gasteiger partial charge on any atom is -0.338 e. The number of carbonyl (C=O) groups is 1. The van der Waals surface area contributed by atoms with Crippen molar-refractivity contribution in [3.63, 3.8) is 0 Å². The molecular formula is C19H23N5O. The number of aromatic nitrogens is 3. The van der Waals surface area contributed by atoms with Gasteiger partial charge in [0.25, 0.3) is 0 Å². The Bertz CT molecular complexity index is 772. The SMILES string of the molecule is CN(Cc1nnc2n1CCCCC2)C(=O)CCc1ccc(C#N)cc1. The van der Waals surface area contributed by atoms with Gasteiger partial charge in [-0.1, -0.05) is 18.6 Å². The molecule has 3 rings (SSSR count). The Balaban J connectivity index is 1.56. The highest BCUT2D eigenvalue weighted by Crippen LogP contribution is 2.15. The highest BCUT2D eigenvalue weighted by atomic mass is 16.2. The van der Waals surface area contributed by atoms with Crippen molar-refractivity contribution in [3.8, 4) is 6.07 Å². The standard InChI is InChI=1S/C19H23N5O/c1-23(14-18-22-21-17-5-3-2-4-12-24(17)18)19(25)11-10-15-6-8-16(13-20)9-7-15/h6-9H,2-5,10-12,14H2,1H3. The number of hydrogen-bond acceptors (Lipinski definition) is 4. The normalized spacial score (nSPS) is 13.6. The van der Waals surface area contributed by atoms with Crippen LogP contribution in [-0.4, -0.2) is 32.6 Å². The van der Waals surface area contributed by atoms with E-state index in [1.165, 1.54) is 6.42 Å². The maximum atomic E-state index is 12.4. The fraction of sp³-hybridized carbons (Fsp3) is 0.474. The van der Waals surface area contributed by atoms with Crippen molar-refractivity contribution >= 4 is 5.91 Å². The summed E-state index contributed by atoms with van der Waals surface area (Å²) in [5, 5.41) is 17.4. The van der Waals surface area contributed by atoms with E-state index < -0.39 is 0 Å². The molecule has 6 nitrogen and oxygen atoms in total. The Labute approximate surface area is 148 Å². The van der Waals surface area contributed by atoms with Gasteiger partial charge in [-0.25, -0.2) is 0 Å². The second kappa shape index (κ2) is 7.93. The Kier molecular flexibility index (Phi) is 5.44. The number of aryl methyl sites for hydroxylation is 2. The molecule has 0 spiro atoms. The van der Waals surface area contributed by atoms with Gasteiger partial charge in [0.05, 0.1) is 18.2 Å². The zero-order chi connectivity index (χ0) is 17.6. The summed E-state index contributed by atoms with van der Waals surface area (Å²) in [6, 6.07) is 9.49. The molecule has 0 fully saturated rings. The van der Waals surface area contributed by atoms with Crippen LogP contribution < -0.4 is 0 Å². The highest BCUT2D eigenvalue weighted by molar-refractivity contribution is 5.76. The molecule has 0 atom stereocenters. The summed E-state index contributed by atoms with van der Waals surface area (Å²) < 4.78 is 2.18. The van der Waals surface area contributed by atoms with Crippen LogP contribution in [0.15, 0.2) is 24.3 Å². The third kappa shape index (κ3) is 4.24. The molecular weight excluding hydrogens is 314 g/mol. The van der Waals surface area contributed by atoms with E-state index >= 15 is 0 Å². The minimum atomic E-state index is 0.0929. The molecule has 130 valence electrons. The number of benzene rings is 1. The van der Waals surface area contributed by atoms with Crippen molar-refractivity contribution in [1.82, 2.24) is 19.7 Å². The molecule has 6 heteroatoms. The van der Waals surface area contributed by atoms with Crippen molar-refractivity contribution in [3.05, 3.63) is 47.0 Å². The molecule has 1 aliphatic rings. The molecule has 1 aromatic carbocycles. The first kappa shape index (κ1) is 17.2. The van der Waals surface area contributed by atoms with E-state index in [9.17, 15) is 4.79 Å². The fourth-order valence-corrected chi connectivity index (χ4v) is 3.15. The lowest BCUT2D eigenvalue weighted by Crippen LogP contribution is -2.28. The molecule has 0 bridgehead atoms. The van der Waals surface area contributed by atoms with Crippen LogP contribution in [0.5, 0.6) is 0 Å². The largest absolute Gasteiger partial charge is 0.338 e. The summed E-state index contributed by atoms with van der Waals surface area (Å²) >= 11 is 0. The first-order valence-electron chi connectivity index (χ1n) is 8.81. The zero-order valence-corrected chi connectivity index (χ0v) is 14.6. The monoisotopic (exact) mass is 337 g/mol. The van der Waals surface area contributed by atoms with Gasteiger partial charge in [-0.2, -0.15) is 5.26 Å². The van der Waals surface area contributed by atoms with Crippen molar-refractivity contribution < 1.29 is 4.79 Å². The molecule has 0 saturated carbocycles. The molecule has 1 aliphatic heterocycles. The Morgan fingerprint density at radius 3 is 2.80 bits per heavy atom. The Morgan fingerprint density at radius 1 is 1.24 bits per heavy atom. The number of hydrogen-bond donors (Lipinski definition) is 0. The number of nitrogens with zero attached hydrogens (tertiary/aromatic N) is 5. The van der Waals surface area contributed by atoms with Crippen LogP contribution in [0.25, 0.3) is 0 Å². The van der Waals surface area contributed by atoms with E-state index in [1.807, 2.05) is 19.2 Å². The summed E-state index contributed by atoms with van der Waals surface area (Å²) in [6.07, 6.45) is 5.63. The van der Waals surface area contributed by atoms with Crippen molar-refractivity contribution in [2.24, 2.45) is 0 Å². The molecule has 0 aliphatic carbocycles. The summed E-state index contributed by atoms with van der Waals surface area (Å²) in [5.74, 6) is 2.02. The lowest BCUT2D eigenvalue weighted by Gasteiger charge is -2.17. The topological polar surface area (TPSA) is 74.8 Å². The van der Waals surface area contributed by atoms with E-state index in [-0.39, 0.29) is 5.91 Å². The van der Waals surface area contributed by atoms with Gasteiger partial charge in [-0.3, -0.25) is 4.79 Å². The van der Waals surface area contributed by atoms with E-state index in [0.29, 0.717) is 24.9 Å². The van der Waals surface area contributed by atoms with Crippen LogP contribution >= 0.6 is 0 Å². The molecule has 1 amide bonds. The number of rotatable bonds is 5. The fourth-order valence-electron chi connectivity index (χ4n) is 3.15. The van der Waals surface area contributed by atoms with E-state index in [2.05, 4.69) is 20.8 Å². The van der Waals surface area contributed by atoms with Crippen molar-refractivity contribution in [2.45, 2.75) is 51.6 Å². The highest BCUT2D eigenvalue weighted by Gasteiger charge is 2.17. The van der Waals surface area contributed by atoms with Crippen LogP contribution in [0.4, 0.5) is 0 Å². The molecule has 2 aromatic rings. The molecule has 25 heavy (non-hydrogen) atoms. The van der Waals surface area contributed by atoms with Crippen molar-refractivity contribution in [2.75, 3.05) is 7.05 Å². The maximum Gasteiger partial charge on any atom is 0.223 e. The molecule has 0 N–H and O–H groups in total. The number of fused-ring (bicyclic) bond motifs is 1. The molecule has 0 unspecified atom stereocenters. The Morgan fingerprint density at radius 2 is 2.04 bits per heavy atom. The second-order valence-corrected chi connectivity index (χ2v) is 6.55. The molecule has 2 heterocycles. The van der Waals surface area contributed by atoms with Crippen LogP contribution in [0, 0.1) is 11.3 Å². The average molecular weight is 337 g/mol. The predicted molar refractivity (Wildman–Crippen MR) is 93.5 cm³/mol. The maximum absolute atomic E-state index is 12.4. The first-order chi connectivity index (χ1) is 12.2. The van der Waals surface area contributed by atoms with E-state index in [4.69, 9.17) is 5.26 Å². The average Bonchev–Trinajstić information content (AvgIpc) is 2.86. The van der Waals surface area contributed by atoms with Gasteiger partial charge in [0.15, 0.2) is 5.82 Å². The molecule has 0 radical (unpaired) electrons. The summed E-state index contributed by atoms with van der Waals surface area (Å²) in [6.45, 7) is 1.45. The Hall–Kier alpha value is -2.68. The molecule has 1 aromatic heterocycles. The van der Waals surface area contributed by atoms with Crippen LogP contribution in [0.2, 0.25) is 0 Å².